The van der Waals surface area contributed by atoms with Gasteiger partial charge in [0.2, 0.25) is 0 Å². The molecule has 0 amide bonds. The van der Waals surface area contributed by atoms with Gasteiger partial charge in [0.25, 0.3) is 0 Å². The molecule has 0 radical (unpaired) electrons. The van der Waals surface area contributed by atoms with E-state index in [1.807, 2.05) is 6.92 Å². The molecular formula is C23H37Na2O6P. The molecule has 4 rings (SSSR count). The van der Waals surface area contributed by atoms with E-state index < -0.39 is 19.5 Å². The third-order valence-corrected chi connectivity index (χ3v) is 10.3. The summed E-state index contributed by atoms with van der Waals surface area (Å²) in [6.45, 7) is 6.44. The van der Waals surface area contributed by atoms with Gasteiger partial charge in [-0.3, -0.25) is 4.79 Å². The van der Waals surface area contributed by atoms with Crippen LogP contribution in [0.4, 0.5) is 0 Å². The van der Waals surface area contributed by atoms with Gasteiger partial charge in [0, 0.05) is 5.92 Å². The van der Waals surface area contributed by atoms with E-state index in [9.17, 15) is 24.3 Å². The number of ether oxygens (including phenoxy) is 1. The van der Waals surface area contributed by atoms with Crippen molar-refractivity contribution in [3.63, 3.8) is 0 Å². The second-order valence-corrected chi connectivity index (χ2v) is 13.1. The first-order valence-electron chi connectivity index (χ1n) is 11.7. The van der Waals surface area contributed by atoms with Gasteiger partial charge in [-0.25, -0.2) is 0 Å². The van der Waals surface area contributed by atoms with E-state index in [-0.39, 0.29) is 82.8 Å². The minimum absolute atomic E-state index is 0. The molecule has 6 nitrogen and oxygen atoms in total. The summed E-state index contributed by atoms with van der Waals surface area (Å²) in [6, 6.07) is 0. The zero-order valence-electron chi connectivity index (χ0n) is 20.6. The van der Waals surface area contributed by atoms with Gasteiger partial charge in [-0.05, 0) is 107 Å². The fraction of sp³-hybridized carbons (Fsp3) is 0.957. The number of hydrogen-bond acceptors (Lipinski definition) is 6. The molecule has 4 aliphatic carbocycles. The molecule has 2 unspecified atom stereocenters. The fourth-order valence-corrected chi connectivity index (χ4v) is 8.63. The molecule has 0 aliphatic heterocycles. The van der Waals surface area contributed by atoms with E-state index in [1.54, 1.807) is 0 Å². The first-order valence-corrected chi connectivity index (χ1v) is 13.4. The van der Waals surface area contributed by atoms with Gasteiger partial charge in [-0.15, -0.1) is 0 Å². The third kappa shape index (κ3) is 5.67. The number of Topliss-reactive ketones (excluding diaryl/α,β-unsaturated/α-hetero) is 1. The van der Waals surface area contributed by atoms with Crippen LogP contribution in [0.1, 0.15) is 78.6 Å². The number of rotatable bonds is 5. The van der Waals surface area contributed by atoms with Gasteiger partial charge in [0.1, 0.15) is 6.61 Å². The Hall–Kier alpha value is 1.74. The molecule has 4 saturated carbocycles. The maximum Gasteiger partial charge on any atom is 1.00 e. The van der Waals surface area contributed by atoms with Gasteiger partial charge < -0.3 is 24.2 Å². The summed E-state index contributed by atoms with van der Waals surface area (Å²) in [6.07, 6.45) is 8.39. The minimum atomic E-state index is -4.74. The summed E-state index contributed by atoms with van der Waals surface area (Å²) in [5.41, 5.74) is -0.284. The molecule has 0 bridgehead atoms. The summed E-state index contributed by atoms with van der Waals surface area (Å²) >= 11 is 0. The quantitative estimate of drug-likeness (QED) is 0.325. The molecule has 0 saturated heterocycles. The van der Waals surface area contributed by atoms with Gasteiger partial charge in [-0.2, -0.15) is 0 Å². The standard InChI is InChI=1S/C23H39O6P.2Na/c1-21(25)10-11-22(2)15(12-21)4-5-16-17-6-7-19(23(17,3)9-8-18(16)22)20(24)13-29-14-30(26,27)28;;/h15-19,25H,4-14H2,1-3H3,(H2,26,27,28);;/q;2*+1/p-2/t15?,16-,17-,18?,19+,21+,22-,23-;;/m0../s1. The maximum atomic E-state index is 12.9. The van der Waals surface area contributed by atoms with Crippen molar-refractivity contribution in [2.45, 2.75) is 84.2 Å². The average Bonchev–Trinajstić information content (AvgIpc) is 2.98. The average molecular weight is 486 g/mol. The Labute approximate surface area is 237 Å². The van der Waals surface area contributed by atoms with Gasteiger partial charge in [0.05, 0.1) is 11.9 Å². The maximum absolute atomic E-state index is 12.9. The molecule has 8 atom stereocenters. The first-order chi connectivity index (χ1) is 13.9. The van der Waals surface area contributed by atoms with E-state index in [1.165, 1.54) is 12.8 Å². The van der Waals surface area contributed by atoms with E-state index in [0.29, 0.717) is 29.1 Å². The second-order valence-electron chi connectivity index (χ2n) is 11.6. The van der Waals surface area contributed by atoms with Crippen LogP contribution in [0, 0.1) is 40.4 Å². The van der Waals surface area contributed by atoms with Crippen LogP contribution in [0.2, 0.25) is 0 Å². The topological polar surface area (TPSA) is 110 Å². The molecule has 0 spiro atoms. The van der Waals surface area contributed by atoms with Gasteiger partial charge in [-0.1, -0.05) is 13.8 Å². The van der Waals surface area contributed by atoms with Crippen molar-refractivity contribution in [2.75, 3.05) is 13.0 Å². The van der Waals surface area contributed by atoms with Crippen LogP contribution in [0.3, 0.4) is 0 Å². The summed E-state index contributed by atoms with van der Waals surface area (Å²) in [5, 5.41) is 10.6. The molecule has 0 aromatic heterocycles. The molecule has 9 heteroatoms. The smallest absolute Gasteiger partial charge is 0.809 e. The van der Waals surface area contributed by atoms with Crippen molar-refractivity contribution >= 4 is 13.4 Å². The second kappa shape index (κ2) is 10.6. The largest absolute Gasteiger partial charge is 1.00 e. The molecule has 4 fully saturated rings. The van der Waals surface area contributed by atoms with Crippen molar-refractivity contribution < 1.29 is 88.1 Å². The van der Waals surface area contributed by atoms with Crippen molar-refractivity contribution in [1.29, 1.82) is 0 Å². The molecule has 4 aliphatic rings. The summed E-state index contributed by atoms with van der Waals surface area (Å²) < 4.78 is 15.7. The molecule has 32 heavy (non-hydrogen) atoms. The Balaban J connectivity index is 0.00000181. The number of hydrogen-bond donors (Lipinski definition) is 1. The van der Waals surface area contributed by atoms with Crippen LogP contribution >= 0.6 is 7.60 Å². The van der Waals surface area contributed by atoms with Crippen molar-refractivity contribution in [1.82, 2.24) is 0 Å². The van der Waals surface area contributed by atoms with Crippen LogP contribution < -0.4 is 68.9 Å². The van der Waals surface area contributed by atoms with E-state index in [0.717, 1.165) is 44.9 Å². The van der Waals surface area contributed by atoms with Crippen LogP contribution in [0.15, 0.2) is 0 Å². The minimum Gasteiger partial charge on any atom is -0.809 e. The van der Waals surface area contributed by atoms with Crippen LogP contribution in [0.5, 0.6) is 0 Å². The van der Waals surface area contributed by atoms with Crippen LogP contribution in [-0.4, -0.2) is 29.4 Å². The Kier molecular flexibility index (Phi) is 9.94. The molecule has 0 aromatic carbocycles. The van der Waals surface area contributed by atoms with Crippen LogP contribution in [-0.2, 0) is 14.1 Å². The predicted molar refractivity (Wildman–Crippen MR) is 109 cm³/mol. The zero-order chi connectivity index (χ0) is 21.9. The van der Waals surface area contributed by atoms with E-state index in [2.05, 4.69) is 13.8 Å². The summed E-state index contributed by atoms with van der Waals surface area (Å²) in [7, 11) is -4.74. The Morgan fingerprint density at radius 2 is 1.62 bits per heavy atom. The van der Waals surface area contributed by atoms with Crippen molar-refractivity contribution in [2.24, 2.45) is 40.4 Å². The fourth-order valence-electron chi connectivity index (χ4n) is 8.32. The van der Waals surface area contributed by atoms with E-state index in [4.69, 9.17) is 4.74 Å². The monoisotopic (exact) mass is 486 g/mol. The Morgan fingerprint density at radius 1 is 0.969 bits per heavy atom. The van der Waals surface area contributed by atoms with Gasteiger partial charge >= 0.3 is 59.1 Å². The predicted octanol–water partition coefficient (Wildman–Crippen LogP) is -3.14. The Bertz CT molecular complexity index is 742. The normalized spacial score (nSPS) is 45.5. The molecule has 1 N–H and O–H groups in total. The van der Waals surface area contributed by atoms with Crippen molar-refractivity contribution in [3.8, 4) is 0 Å². The number of ketones is 1. The number of carbonyl (C=O) groups is 1. The summed E-state index contributed by atoms with van der Waals surface area (Å²) in [4.78, 5) is 34.4. The molecule has 172 valence electrons. The zero-order valence-corrected chi connectivity index (χ0v) is 25.5. The number of carbonyl (C=O) groups excluding carboxylic acids is 1. The van der Waals surface area contributed by atoms with Crippen molar-refractivity contribution in [3.05, 3.63) is 0 Å². The SMILES string of the molecule is C[C@@]1(O)CC[C@@]2(C)C(CC[C@@H]3C2CC[C@]2(C)[C@@H](C(=O)COCP(=O)([O-])[O-])CC[C@@H]32)C1.[Na+].[Na+]. The van der Waals surface area contributed by atoms with Crippen LogP contribution in [0.25, 0.3) is 0 Å². The Morgan fingerprint density at radius 3 is 2.28 bits per heavy atom. The molecular weight excluding hydrogens is 449 g/mol. The third-order valence-electron chi connectivity index (χ3n) is 9.84. The number of fused-ring (bicyclic) bond motifs is 5. The van der Waals surface area contributed by atoms with Gasteiger partial charge in [0.15, 0.2) is 5.78 Å². The molecule has 0 aromatic rings. The summed E-state index contributed by atoms with van der Waals surface area (Å²) in [5.74, 6) is 2.28. The van der Waals surface area contributed by atoms with E-state index >= 15 is 0 Å². The molecule has 0 heterocycles. The first kappa shape index (κ1) is 30.0. The number of aliphatic hydroxyl groups is 1.